The van der Waals surface area contributed by atoms with Crippen LogP contribution in [0.5, 0.6) is 0 Å². The summed E-state index contributed by atoms with van der Waals surface area (Å²) in [5.41, 5.74) is 0. The van der Waals surface area contributed by atoms with Crippen LogP contribution in [0.1, 0.15) is 78.6 Å². The molecule has 1 N–H and O–H groups in total. The Morgan fingerprint density at radius 2 is 1.85 bits per heavy atom. The van der Waals surface area contributed by atoms with Crippen LogP contribution in [0.2, 0.25) is 0 Å². The highest BCUT2D eigenvalue weighted by Gasteiger charge is 2.33. The Hall–Kier alpha value is 0.110. The van der Waals surface area contributed by atoms with Crippen molar-refractivity contribution in [3.05, 3.63) is 0 Å². The third kappa shape index (κ3) is 6.26. The minimum absolute atomic E-state index is 0.406. The van der Waals surface area contributed by atoms with Crippen LogP contribution in [0.25, 0.3) is 0 Å². The zero-order chi connectivity index (χ0) is 14.8. The fraction of sp³-hybridized carbons (Fsp3) is 1.00. The Balaban J connectivity index is 2.53. The van der Waals surface area contributed by atoms with E-state index in [4.69, 9.17) is 0 Å². The molecule has 2 nitrogen and oxygen atoms in total. The Bertz CT molecular complexity index is 270. The van der Waals surface area contributed by atoms with E-state index in [1.165, 1.54) is 51.4 Å². The molecule has 0 bridgehead atoms. The van der Waals surface area contributed by atoms with E-state index in [1.54, 1.807) is 0 Å². The quantitative estimate of drug-likeness (QED) is 0.611. The Kier molecular flexibility index (Phi) is 9.79. The lowest BCUT2D eigenvalue weighted by molar-refractivity contribution is 0.284. The second-order valence-corrected chi connectivity index (χ2v) is 8.13. The smallest absolute Gasteiger partial charge is 0.0503 e. The van der Waals surface area contributed by atoms with Crippen molar-refractivity contribution in [3.8, 4) is 0 Å². The first-order valence-corrected chi connectivity index (χ1v) is 10.2. The maximum Gasteiger partial charge on any atom is 0.0503 e. The molecule has 1 saturated carbocycles. The molecule has 0 aromatic carbocycles. The van der Waals surface area contributed by atoms with Gasteiger partial charge in [-0.25, -0.2) is 0 Å². The maximum atomic E-state index is 12.7. The zero-order valence-electron chi connectivity index (χ0n) is 13.8. The minimum Gasteiger partial charge on any atom is -0.313 e. The van der Waals surface area contributed by atoms with Crippen LogP contribution in [-0.2, 0) is 10.8 Å². The van der Waals surface area contributed by atoms with Crippen molar-refractivity contribution in [2.45, 2.75) is 89.9 Å². The average molecular weight is 302 g/mol. The van der Waals surface area contributed by atoms with E-state index in [9.17, 15) is 4.21 Å². The van der Waals surface area contributed by atoms with E-state index >= 15 is 0 Å². The SMILES string of the molecule is CCCCCS(=O)C1CC(CCC)CCC1NCCC. The highest BCUT2D eigenvalue weighted by Crippen LogP contribution is 2.31. The van der Waals surface area contributed by atoms with Gasteiger partial charge in [-0.2, -0.15) is 0 Å². The van der Waals surface area contributed by atoms with E-state index in [-0.39, 0.29) is 0 Å². The Morgan fingerprint density at radius 1 is 1.05 bits per heavy atom. The van der Waals surface area contributed by atoms with Gasteiger partial charge < -0.3 is 5.32 Å². The minimum atomic E-state index is -0.628. The van der Waals surface area contributed by atoms with Crippen molar-refractivity contribution in [2.24, 2.45) is 5.92 Å². The molecule has 4 unspecified atom stereocenters. The average Bonchev–Trinajstić information content (AvgIpc) is 2.46. The van der Waals surface area contributed by atoms with E-state index in [0.717, 1.165) is 24.6 Å². The van der Waals surface area contributed by atoms with E-state index in [1.807, 2.05) is 0 Å². The highest BCUT2D eigenvalue weighted by molar-refractivity contribution is 7.85. The van der Waals surface area contributed by atoms with Crippen LogP contribution < -0.4 is 5.32 Å². The Morgan fingerprint density at radius 3 is 2.50 bits per heavy atom. The zero-order valence-corrected chi connectivity index (χ0v) is 14.6. The summed E-state index contributed by atoms with van der Waals surface area (Å²) < 4.78 is 12.7. The van der Waals surface area contributed by atoms with Crippen LogP contribution in [-0.4, -0.2) is 27.8 Å². The molecule has 4 atom stereocenters. The van der Waals surface area contributed by atoms with Gasteiger partial charge in [0.1, 0.15) is 0 Å². The van der Waals surface area contributed by atoms with Crippen molar-refractivity contribution in [1.82, 2.24) is 5.32 Å². The molecule has 0 spiro atoms. The van der Waals surface area contributed by atoms with Crippen LogP contribution in [0.3, 0.4) is 0 Å². The fourth-order valence-corrected chi connectivity index (χ4v) is 5.26. The largest absolute Gasteiger partial charge is 0.313 e. The molecule has 0 saturated heterocycles. The molecule has 0 aromatic heterocycles. The fourth-order valence-electron chi connectivity index (χ4n) is 3.38. The molecule has 20 heavy (non-hydrogen) atoms. The summed E-state index contributed by atoms with van der Waals surface area (Å²) >= 11 is 0. The summed E-state index contributed by atoms with van der Waals surface area (Å²) in [5.74, 6) is 1.74. The van der Waals surface area contributed by atoms with Gasteiger partial charge >= 0.3 is 0 Å². The second-order valence-electron chi connectivity index (χ2n) is 6.36. The first kappa shape index (κ1) is 18.2. The van der Waals surface area contributed by atoms with Gasteiger partial charge in [-0.1, -0.05) is 46.5 Å². The van der Waals surface area contributed by atoms with Crippen molar-refractivity contribution >= 4 is 10.8 Å². The molecule has 1 fully saturated rings. The molecule has 120 valence electrons. The number of hydrogen-bond acceptors (Lipinski definition) is 2. The topological polar surface area (TPSA) is 29.1 Å². The normalized spacial score (nSPS) is 28.4. The first-order chi connectivity index (χ1) is 9.72. The van der Waals surface area contributed by atoms with Gasteiger partial charge in [0.15, 0.2) is 0 Å². The molecule has 0 radical (unpaired) electrons. The van der Waals surface area contributed by atoms with Gasteiger partial charge in [0.25, 0.3) is 0 Å². The number of unbranched alkanes of at least 4 members (excludes halogenated alkanes) is 2. The molecule has 1 rings (SSSR count). The predicted octanol–water partition coefficient (Wildman–Crippen LogP) is 4.26. The van der Waals surface area contributed by atoms with Crippen molar-refractivity contribution in [2.75, 3.05) is 12.3 Å². The van der Waals surface area contributed by atoms with Crippen molar-refractivity contribution in [1.29, 1.82) is 0 Å². The van der Waals surface area contributed by atoms with Gasteiger partial charge in [0.05, 0.1) is 5.25 Å². The summed E-state index contributed by atoms with van der Waals surface area (Å²) in [4.78, 5) is 0. The third-order valence-corrected chi connectivity index (χ3v) is 6.43. The van der Waals surface area contributed by atoms with Crippen LogP contribution in [0.15, 0.2) is 0 Å². The van der Waals surface area contributed by atoms with Gasteiger partial charge in [0, 0.05) is 22.6 Å². The number of rotatable bonds is 10. The van der Waals surface area contributed by atoms with Gasteiger partial charge in [-0.15, -0.1) is 0 Å². The highest BCUT2D eigenvalue weighted by atomic mass is 32.2. The second kappa shape index (κ2) is 10.8. The standard InChI is InChI=1S/C17H35NOS/c1-4-7-8-13-20(19)17-14-15(9-5-2)10-11-16(17)18-12-6-3/h15-18H,4-14H2,1-3H3. The maximum absolute atomic E-state index is 12.7. The summed E-state index contributed by atoms with van der Waals surface area (Å²) in [6.45, 7) is 7.77. The predicted molar refractivity (Wildman–Crippen MR) is 90.7 cm³/mol. The van der Waals surface area contributed by atoms with Crippen molar-refractivity contribution in [3.63, 3.8) is 0 Å². The molecule has 1 aliphatic rings. The molecule has 3 heteroatoms. The third-order valence-electron chi connectivity index (χ3n) is 4.54. The van der Waals surface area contributed by atoms with Crippen molar-refractivity contribution < 1.29 is 4.21 Å². The van der Waals surface area contributed by atoms with Gasteiger partial charge in [0.2, 0.25) is 0 Å². The van der Waals surface area contributed by atoms with Gasteiger partial charge in [-0.3, -0.25) is 4.21 Å². The van der Waals surface area contributed by atoms with Crippen LogP contribution in [0, 0.1) is 5.92 Å². The lowest BCUT2D eigenvalue weighted by Gasteiger charge is -2.36. The number of hydrogen-bond donors (Lipinski definition) is 1. The van der Waals surface area contributed by atoms with E-state index < -0.39 is 10.8 Å². The molecule has 1 aliphatic carbocycles. The monoisotopic (exact) mass is 301 g/mol. The summed E-state index contributed by atoms with van der Waals surface area (Å²) in [5, 5.41) is 4.07. The summed E-state index contributed by atoms with van der Waals surface area (Å²) in [6.07, 6.45) is 11.1. The summed E-state index contributed by atoms with van der Waals surface area (Å²) in [6, 6.07) is 0.505. The van der Waals surface area contributed by atoms with Crippen LogP contribution >= 0.6 is 0 Å². The first-order valence-electron chi connectivity index (χ1n) is 8.83. The van der Waals surface area contributed by atoms with E-state index in [0.29, 0.717) is 11.3 Å². The lowest BCUT2D eigenvalue weighted by Crippen LogP contribution is -2.47. The number of nitrogens with one attached hydrogen (secondary N) is 1. The Labute approximate surface area is 128 Å². The van der Waals surface area contributed by atoms with E-state index in [2.05, 4.69) is 26.1 Å². The van der Waals surface area contributed by atoms with Gasteiger partial charge in [-0.05, 0) is 44.6 Å². The molecular weight excluding hydrogens is 266 g/mol. The lowest BCUT2D eigenvalue weighted by atomic mass is 9.83. The molecule has 0 amide bonds. The van der Waals surface area contributed by atoms with Crippen LogP contribution in [0.4, 0.5) is 0 Å². The molecule has 0 aromatic rings. The summed E-state index contributed by atoms with van der Waals surface area (Å²) in [7, 11) is -0.628. The molecular formula is C17H35NOS. The molecule has 0 aliphatic heterocycles. The molecule has 0 heterocycles.